The van der Waals surface area contributed by atoms with Gasteiger partial charge in [-0.3, -0.25) is 0 Å². The van der Waals surface area contributed by atoms with E-state index in [2.05, 4.69) is 10.3 Å². The molecule has 1 aromatic heterocycles. The van der Waals surface area contributed by atoms with Gasteiger partial charge in [-0.25, -0.2) is 9.48 Å². The molecule has 0 fully saturated rings. The first-order valence-electron chi connectivity index (χ1n) is 7.13. The first-order valence-corrected chi connectivity index (χ1v) is 7.13. The molecule has 2 aromatic carbocycles. The molecule has 0 atom stereocenters. The monoisotopic (exact) mass is 308 g/mol. The van der Waals surface area contributed by atoms with Crippen LogP contribution in [0, 0.1) is 0 Å². The number of methoxy groups -OCH3 is 1. The second-order valence-corrected chi connectivity index (χ2v) is 4.91. The first-order chi connectivity index (χ1) is 11.2. The molecule has 3 rings (SSSR count). The van der Waals surface area contributed by atoms with Crippen molar-refractivity contribution in [2.24, 2.45) is 5.73 Å². The lowest BCUT2D eigenvalue weighted by atomic mass is 10.1. The molecule has 6 heteroatoms. The van der Waals surface area contributed by atoms with Crippen LogP contribution >= 0.6 is 0 Å². The van der Waals surface area contributed by atoms with E-state index in [1.807, 2.05) is 30.3 Å². The van der Waals surface area contributed by atoms with Crippen LogP contribution < -0.4 is 5.73 Å². The third kappa shape index (κ3) is 2.84. The number of nitrogens with two attached hydrogens (primary N) is 1. The molecule has 0 bridgehead atoms. The molecule has 23 heavy (non-hydrogen) atoms. The predicted molar refractivity (Wildman–Crippen MR) is 86.0 cm³/mol. The van der Waals surface area contributed by atoms with Gasteiger partial charge in [-0.15, -0.1) is 5.10 Å². The smallest absolute Gasteiger partial charge is 0.337 e. The fraction of sp³-hybridized carbons (Fsp3) is 0.118. The maximum atomic E-state index is 11.5. The molecule has 0 aliphatic carbocycles. The zero-order chi connectivity index (χ0) is 16.2. The summed E-state index contributed by atoms with van der Waals surface area (Å²) in [6.07, 6.45) is 0. The average Bonchev–Trinajstić information content (AvgIpc) is 3.06. The number of hydrogen-bond donors (Lipinski definition) is 1. The van der Waals surface area contributed by atoms with Crippen molar-refractivity contribution in [3.05, 3.63) is 65.9 Å². The Hall–Kier alpha value is -2.99. The van der Waals surface area contributed by atoms with E-state index in [1.54, 1.807) is 28.9 Å². The van der Waals surface area contributed by atoms with Crippen molar-refractivity contribution < 1.29 is 9.53 Å². The van der Waals surface area contributed by atoms with Crippen LogP contribution in [-0.2, 0) is 11.3 Å². The summed E-state index contributed by atoms with van der Waals surface area (Å²) in [5.74, 6) is -0.374. The zero-order valence-electron chi connectivity index (χ0n) is 12.6. The number of rotatable bonds is 4. The summed E-state index contributed by atoms with van der Waals surface area (Å²) in [6.45, 7) is 0.296. The van der Waals surface area contributed by atoms with E-state index in [9.17, 15) is 4.79 Å². The fourth-order valence-corrected chi connectivity index (χ4v) is 2.37. The lowest BCUT2D eigenvalue weighted by Crippen LogP contribution is -2.04. The maximum Gasteiger partial charge on any atom is 0.337 e. The summed E-state index contributed by atoms with van der Waals surface area (Å²) in [4.78, 5) is 11.5. The Labute approximate surface area is 133 Å². The predicted octanol–water partition coefficient (Wildman–Crippen LogP) is 2.18. The average molecular weight is 308 g/mol. The summed E-state index contributed by atoms with van der Waals surface area (Å²) in [5, 5.41) is 8.36. The Bertz CT molecular complexity index is 810. The van der Waals surface area contributed by atoms with Gasteiger partial charge < -0.3 is 10.5 Å². The van der Waals surface area contributed by atoms with Crippen molar-refractivity contribution in [2.45, 2.75) is 6.54 Å². The van der Waals surface area contributed by atoms with Gasteiger partial charge in [0, 0.05) is 12.1 Å². The third-order valence-electron chi connectivity index (χ3n) is 3.51. The van der Waals surface area contributed by atoms with Crippen molar-refractivity contribution in [2.75, 3.05) is 7.11 Å². The normalized spacial score (nSPS) is 10.5. The number of benzene rings is 2. The van der Waals surface area contributed by atoms with Crippen LogP contribution in [0.3, 0.4) is 0 Å². The van der Waals surface area contributed by atoms with Gasteiger partial charge in [0.15, 0.2) is 0 Å². The highest BCUT2D eigenvalue weighted by Crippen LogP contribution is 2.25. The summed E-state index contributed by atoms with van der Waals surface area (Å²) in [6, 6.07) is 16.8. The molecule has 0 saturated carbocycles. The van der Waals surface area contributed by atoms with Crippen molar-refractivity contribution in [1.29, 1.82) is 0 Å². The molecular formula is C17H16N4O2. The van der Waals surface area contributed by atoms with E-state index in [0.717, 1.165) is 16.9 Å². The van der Waals surface area contributed by atoms with Crippen molar-refractivity contribution in [3.8, 4) is 16.9 Å². The Kier molecular flexibility index (Phi) is 4.16. The highest BCUT2D eigenvalue weighted by molar-refractivity contribution is 5.89. The largest absolute Gasteiger partial charge is 0.465 e. The van der Waals surface area contributed by atoms with E-state index in [-0.39, 0.29) is 5.97 Å². The number of carbonyl (C=O) groups excluding carboxylic acids is 1. The molecule has 0 aliphatic rings. The molecule has 6 nitrogen and oxygen atoms in total. The highest BCUT2D eigenvalue weighted by atomic mass is 16.5. The minimum atomic E-state index is -0.374. The molecule has 0 saturated heterocycles. The SMILES string of the molecule is COC(=O)c1ccc(-n2nnc(CN)c2-c2ccccc2)cc1. The standard InChI is InChI=1S/C17H16N4O2/c1-23-17(22)13-7-9-14(10-8-13)21-16(15(11-18)19-20-21)12-5-3-2-4-6-12/h2-10H,11,18H2,1H3. The van der Waals surface area contributed by atoms with Crippen LogP contribution in [0.15, 0.2) is 54.6 Å². The van der Waals surface area contributed by atoms with Crippen LogP contribution in [0.5, 0.6) is 0 Å². The van der Waals surface area contributed by atoms with Crippen molar-refractivity contribution in [1.82, 2.24) is 15.0 Å². The number of nitrogens with zero attached hydrogens (tertiary/aromatic N) is 3. The quantitative estimate of drug-likeness (QED) is 0.747. The Balaban J connectivity index is 2.07. The second kappa shape index (κ2) is 6.41. The molecular weight excluding hydrogens is 292 g/mol. The van der Waals surface area contributed by atoms with Crippen molar-refractivity contribution >= 4 is 5.97 Å². The summed E-state index contributed by atoms with van der Waals surface area (Å²) < 4.78 is 6.43. The number of aromatic nitrogens is 3. The van der Waals surface area contributed by atoms with Gasteiger partial charge in [0.1, 0.15) is 5.69 Å². The van der Waals surface area contributed by atoms with E-state index in [4.69, 9.17) is 10.5 Å². The minimum Gasteiger partial charge on any atom is -0.465 e. The molecule has 0 amide bonds. The van der Waals surface area contributed by atoms with Crippen LogP contribution in [0.1, 0.15) is 16.1 Å². The molecule has 1 heterocycles. The summed E-state index contributed by atoms with van der Waals surface area (Å²) >= 11 is 0. The molecule has 0 spiro atoms. The molecule has 0 unspecified atom stereocenters. The second-order valence-electron chi connectivity index (χ2n) is 4.91. The van der Waals surface area contributed by atoms with E-state index < -0.39 is 0 Å². The third-order valence-corrected chi connectivity index (χ3v) is 3.51. The number of esters is 1. The highest BCUT2D eigenvalue weighted by Gasteiger charge is 2.15. The van der Waals surface area contributed by atoms with Gasteiger partial charge in [0.2, 0.25) is 0 Å². The van der Waals surface area contributed by atoms with Gasteiger partial charge in [-0.2, -0.15) is 0 Å². The van der Waals surface area contributed by atoms with Crippen LogP contribution in [0.2, 0.25) is 0 Å². The maximum absolute atomic E-state index is 11.5. The number of carbonyl (C=O) groups is 1. The van der Waals surface area contributed by atoms with Crippen LogP contribution in [-0.4, -0.2) is 28.1 Å². The number of ether oxygens (including phenoxy) is 1. The van der Waals surface area contributed by atoms with E-state index >= 15 is 0 Å². The minimum absolute atomic E-state index is 0.296. The van der Waals surface area contributed by atoms with Gasteiger partial charge in [0.05, 0.1) is 24.1 Å². The van der Waals surface area contributed by atoms with Gasteiger partial charge in [-0.05, 0) is 24.3 Å². The first kappa shape index (κ1) is 14.9. The fourth-order valence-electron chi connectivity index (χ4n) is 2.37. The lowest BCUT2D eigenvalue weighted by molar-refractivity contribution is 0.0601. The molecule has 116 valence electrons. The van der Waals surface area contributed by atoms with Gasteiger partial charge in [-0.1, -0.05) is 35.5 Å². The topological polar surface area (TPSA) is 83.0 Å². The lowest BCUT2D eigenvalue weighted by Gasteiger charge is -2.08. The van der Waals surface area contributed by atoms with Crippen molar-refractivity contribution in [3.63, 3.8) is 0 Å². The van der Waals surface area contributed by atoms with Gasteiger partial charge in [0.25, 0.3) is 0 Å². The summed E-state index contributed by atoms with van der Waals surface area (Å²) in [7, 11) is 1.36. The van der Waals surface area contributed by atoms with Gasteiger partial charge >= 0.3 is 5.97 Å². The zero-order valence-corrected chi connectivity index (χ0v) is 12.6. The summed E-state index contributed by atoms with van der Waals surface area (Å²) in [5.41, 5.74) is 9.61. The van der Waals surface area contributed by atoms with E-state index in [1.165, 1.54) is 7.11 Å². The van der Waals surface area contributed by atoms with E-state index in [0.29, 0.717) is 17.8 Å². The van der Waals surface area contributed by atoms with Crippen LogP contribution in [0.4, 0.5) is 0 Å². The Morgan fingerprint density at radius 3 is 2.43 bits per heavy atom. The van der Waals surface area contributed by atoms with Crippen LogP contribution in [0.25, 0.3) is 16.9 Å². The molecule has 3 aromatic rings. The Morgan fingerprint density at radius 2 is 1.83 bits per heavy atom. The molecule has 0 radical (unpaired) electrons. The number of hydrogen-bond acceptors (Lipinski definition) is 5. The molecule has 0 aliphatic heterocycles. The Morgan fingerprint density at radius 1 is 1.13 bits per heavy atom. The molecule has 2 N–H and O–H groups in total.